The lowest BCUT2D eigenvalue weighted by molar-refractivity contribution is -0.385. The van der Waals surface area contributed by atoms with Crippen molar-refractivity contribution in [3.8, 4) is 0 Å². The van der Waals surface area contributed by atoms with E-state index in [0.29, 0.717) is 11.4 Å². The van der Waals surface area contributed by atoms with Gasteiger partial charge in [0.15, 0.2) is 0 Å². The number of anilines is 2. The molecule has 0 unspecified atom stereocenters. The summed E-state index contributed by atoms with van der Waals surface area (Å²) in [4.78, 5) is 20.1. The second-order valence-corrected chi connectivity index (χ2v) is 3.92. The van der Waals surface area contributed by atoms with Crippen LogP contribution >= 0.6 is 0 Å². The molecule has 0 aliphatic heterocycles. The molecule has 0 fully saturated rings. The molecule has 2 aromatic carbocycles. The monoisotopic (exact) mass is 274 g/mol. The number of nitrogens with zero attached hydrogens (tertiary/aromatic N) is 3. The van der Waals surface area contributed by atoms with Gasteiger partial charge in [-0.25, -0.2) is 5.84 Å². The fourth-order valence-corrected chi connectivity index (χ4v) is 1.62. The summed E-state index contributed by atoms with van der Waals surface area (Å²) in [6.45, 7) is 0. The van der Waals surface area contributed by atoms with Crippen LogP contribution in [0.2, 0.25) is 0 Å². The van der Waals surface area contributed by atoms with Gasteiger partial charge in [-0.15, -0.1) is 0 Å². The number of rotatable bonds is 4. The van der Waals surface area contributed by atoms with Gasteiger partial charge in [0.1, 0.15) is 0 Å². The summed E-state index contributed by atoms with van der Waals surface area (Å²) in [5.41, 5.74) is 0.991. The Morgan fingerprint density at radius 1 is 0.750 bits per heavy atom. The first kappa shape index (κ1) is 13.4. The fourth-order valence-electron chi connectivity index (χ4n) is 1.62. The minimum Gasteiger partial charge on any atom is -0.280 e. The molecule has 0 heterocycles. The van der Waals surface area contributed by atoms with Crippen LogP contribution in [0.5, 0.6) is 0 Å². The maximum absolute atomic E-state index is 10.6. The number of nitro benzene ring substituents is 2. The van der Waals surface area contributed by atoms with Gasteiger partial charge in [0.25, 0.3) is 11.4 Å². The average molecular weight is 274 g/mol. The maximum Gasteiger partial charge on any atom is 0.269 e. The Kier molecular flexibility index (Phi) is 3.58. The molecule has 0 atom stereocenters. The second kappa shape index (κ2) is 5.33. The zero-order chi connectivity index (χ0) is 14.7. The summed E-state index contributed by atoms with van der Waals surface area (Å²) in [5, 5.41) is 22.4. The lowest BCUT2D eigenvalue weighted by Crippen LogP contribution is -2.24. The second-order valence-electron chi connectivity index (χ2n) is 3.92. The molecule has 0 aromatic heterocycles. The Bertz CT molecular complexity index is 582. The molecule has 0 amide bonds. The minimum absolute atomic E-state index is 0.0363. The van der Waals surface area contributed by atoms with E-state index < -0.39 is 9.85 Å². The van der Waals surface area contributed by atoms with E-state index in [4.69, 9.17) is 5.84 Å². The predicted octanol–water partition coefficient (Wildman–Crippen LogP) is 2.51. The third kappa shape index (κ3) is 2.70. The van der Waals surface area contributed by atoms with Gasteiger partial charge in [-0.05, 0) is 24.3 Å². The first-order valence-corrected chi connectivity index (χ1v) is 5.53. The molecule has 0 saturated heterocycles. The van der Waals surface area contributed by atoms with Crippen LogP contribution in [0.4, 0.5) is 22.7 Å². The number of nitro groups is 2. The van der Waals surface area contributed by atoms with Crippen molar-refractivity contribution < 1.29 is 9.85 Å². The van der Waals surface area contributed by atoms with Gasteiger partial charge in [-0.2, -0.15) is 0 Å². The van der Waals surface area contributed by atoms with E-state index in [1.54, 1.807) is 0 Å². The van der Waals surface area contributed by atoms with Crippen molar-refractivity contribution in [2.24, 2.45) is 5.84 Å². The van der Waals surface area contributed by atoms with E-state index in [2.05, 4.69) is 0 Å². The molecule has 0 aliphatic rings. The van der Waals surface area contributed by atoms with Crippen molar-refractivity contribution in [2.45, 2.75) is 0 Å². The highest BCUT2D eigenvalue weighted by Gasteiger charge is 2.10. The maximum atomic E-state index is 10.6. The van der Waals surface area contributed by atoms with Crippen molar-refractivity contribution in [2.75, 3.05) is 5.01 Å². The van der Waals surface area contributed by atoms with Crippen LogP contribution in [0.3, 0.4) is 0 Å². The zero-order valence-corrected chi connectivity index (χ0v) is 10.2. The molecule has 20 heavy (non-hydrogen) atoms. The van der Waals surface area contributed by atoms with Gasteiger partial charge < -0.3 is 0 Å². The van der Waals surface area contributed by atoms with E-state index in [1.807, 2.05) is 0 Å². The van der Waals surface area contributed by atoms with Crippen LogP contribution in [0.25, 0.3) is 0 Å². The van der Waals surface area contributed by atoms with E-state index >= 15 is 0 Å². The Hall–Kier alpha value is -3.00. The highest BCUT2D eigenvalue weighted by molar-refractivity contribution is 5.63. The summed E-state index contributed by atoms with van der Waals surface area (Å²) >= 11 is 0. The first-order chi connectivity index (χ1) is 9.49. The van der Waals surface area contributed by atoms with Crippen molar-refractivity contribution in [1.29, 1.82) is 0 Å². The Morgan fingerprint density at radius 3 is 1.30 bits per heavy atom. The highest BCUT2D eigenvalue weighted by Crippen LogP contribution is 2.25. The third-order valence-electron chi connectivity index (χ3n) is 2.68. The summed E-state index contributed by atoms with van der Waals surface area (Å²) in [5.74, 6) is 5.86. The molecule has 2 N–H and O–H groups in total. The van der Waals surface area contributed by atoms with E-state index in [-0.39, 0.29) is 11.4 Å². The molecule has 0 spiro atoms. The molecule has 2 aromatic rings. The van der Waals surface area contributed by atoms with Crippen molar-refractivity contribution in [1.82, 2.24) is 0 Å². The average Bonchev–Trinajstić information content (AvgIpc) is 2.46. The number of hydrazine groups is 1. The van der Waals surface area contributed by atoms with Gasteiger partial charge in [-0.3, -0.25) is 25.2 Å². The van der Waals surface area contributed by atoms with E-state index in [0.717, 1.165) is 0 Å². The van der Waals surface area contributed by atoms with Crippen LogP contribution in [-0.4, -0.2) is 9.85 Å². The van der Waals surface area contributed by atoms with Gasteiger partial charge in [0.2, 0.25) is 0 Å². The molecule has 8 heteroatoms. The SMILES string of the molecule is NN(c1ccc([N+](=O)[O-])cc1)c1ccc([N+](=O)[O-])cc1. The third-order valence-corrected chi connectivity index (χ3v) is 2.68. The summed E-state index contributed by atoms with van der Waals surface area (Å²) < 4.78 is 0. The molecule has 0 bridgehead atoms. The Morgan fingerprint density at radius 2 is 1.05 bits per heavy atom. The summed E-state index contributed by atoms with van der Waals surface area (Å²) in [6, 6.07) is 11.3. The molecule has 8 nitrogen and oxygen atoms in total. The predicted molar refractivity (Wildman–Crippen MR) is 72.5 cm³/mol. The smallest absolute Gasteiger partial charge is 0.269 e. The van der Waals surface area contributed by atoms with Crippen molar-refractivity contribution in [3.63, 3.8) is 0 Å². The topological polar surface area (TPSA) is 116 Å². The molecule has 2 rings (SSSR count). The minimum atomic E-state index is -0.503. The van der Waals surface area contributed by atoms with Crippen LogP contribution in [-0.2, 0) is 0 Å². The Labute approximate surface area is 113 Å². The molecular formula is C12H10N4O4. The zero-order valence-electron chi connectivity index (χ0n) is 10.2. The quantitative estimate of drug-likeness (QED) is 0.520. The van der Waals surface area contributed by atoms with Gasteiger partial charge in [0.05, 0.1) is 21.2 Å². The number of nitrogens with two attached hydrogens (primary N) is 1. The largest absolute Gasteiger partial charge is 0.280 e. The first-order valence-electron chi connectivity index (χ1n) is 5.53. The van der Waals surface area contributed by atoms with Crippen LogP contribution in [0.1, 0.15) is 0 Å². The summed E-state index contributed by atoms with van der Waals surface area (Å²) in [7, 11) is 0. The van der Waals surface area contributed by atoms with Crippen molar-refractivity contribution >= 4 is 22.7 Å². The lowest BCUT2D eigenvalue weighted by Gasteiger charge is -2.18. The van der Waals surface area contributed by atoms with Crippen molar-refractivity contribution in [3.05, 3.63) is 68.8 Å². The molecule has 0 aliphatic carbocycles. The number of non-ortho nitro benzene ring substituents is 2. The lowest BCUT2D eigenvalue weighted by atomic mass is 10.2. The van der Waals surface area contributed by atoms with Gasteiger partial charge in [0, 0.05) is 24.3 Å². The molecule has 102 valence electrons. The van der Waals surface area contributed by atoms with Crippen LogP contribution in [0, 0.1) is 20.2 Å². The molecule has 0 saturated carbocycles. The highest BCUT2D eigenvalue weighted by atomic mass is 16.6. The molecular weight excluding hydrogens is 264 g/mol. The van der Waals surface area contributed by atoms with E-state index in [1.165, 1.54) is 53.5 Å². The standard InChI is InChI=1S/C12H10N4O4/c13-14(9-1-5-11(6-2-9)15(17)18)10-3-7-12(8-4-10)16(19)20/h1-8H,13H2. The van der Waals surface area contributed by atoms with Gasteiger partial charge >= 0.3 is 0 Å². The molecule has 0 radical (unpaired) electrons. The number of benzene rings is 2. The van der Waals surface area contributed by atoms with Crippen LogP contribution in [0.15, 0.2) is 48.5 Å². The number of hydrogen-bond donors (Lipinski definition) is 1. The fraction of sp³-hybridized carbons (Fsp3) is 0. The van der Waals surface area contributed by atoms with E-state index in [9.17, 15) is 20.2 Å². The Balaban J connectivity index is 2.24. The van der Waals surface area contributed by atoms with Crippen LogP contribution < -0.4 is 10.9 Å². The van der Waals surface area contributed by atoms with Gasteiger partial charge in [-0.1, -0.05) is 0 Å². The summed E-state index contributed by atoms with van der Waals surface area (Å²) in [6.07, 6.45) is 0. The number of hydrogen-bond acceptors (Lipinski definition) is 6. The normalized spacial score (nSPS) is 10.1.